The van der Waals surface area contributed by atoms with Crippen LogP contribution in [-0.2, 0) is 10.0 Å². The van der Waals surface area contributed by atoms with Gasteiger partial charge in [0, 0.05) is 60.6 Å². The smallest absolute Gasteiger partial charge is 0.264 e. The van der Waals surface area contributed by atoms with Gasteiger partial charge in [-0.15, -0.1) is 0 Å². The number of nitrogens with one attached hydrogen (secondary N) is 1. The zero-order valence-electron chi connectivity index (χ0n) is 24.1. The molecule has 2 aromatic carbocycles. The Morgan fingerprint density at radius 3 is 2.36 bits per heavy atom. The van der Waals surface area contributed by atoms with Crippen LogP contribution in [0.5, 0.6) is 0 Å². The van der Waals surface area contributed by atoms with Crippen LogP contribution >= 0.6 is 11.6 Å². The average Bonchev–Trinajstić information content (AvgIpc) is 3.28. The van der Waals surface area contributed by atoms with Crippen LogP contribution in [0.1, 0.15) is 55.8 Å². The lowest BCUT2D eigenvalue weighted by molar-refractivity contribution is 0.0648. The minimum atomic E-state index is -3.86. The minimum absolute atomic E-state index is 0.0557. The number of allylic oxidation sites excluding steroid dienone is 2. The van der Waals surface area contributed by atoms with Gasteiger partial charge >= 0.3 is 0 Å². The first-order chi connectivity index (χ1) is 20.3. The van der Waals surface area contributed by atoms with E-state index in [1.165, 1.54) is 44.6 Å². The predicted molar refractivity (Wildman–Crippen MR) is 170 cm³/mol. The van der Waals surface area contributed by atoms with Crippen LogP contribution in [-0.4, -0.2) is 61.8 Å². The molecule has 3 aromatic rings. The number of nitrogens with zero attached hydrogens (tertiary/aromatic N) is 3. The highest BCUT2D eigenvalue weighted by atomic mass is 35.5. The number of pyridine rings is 1. The van der Waals surface area contributed by atoms with E-state index in [-0.39, 0.29) is 10.8 Å². The quantitative estimate of drug-likeness (QED) is 0.224. The van der Waals surface area contributed by atoms with E-state index in [1.54, 1.807) is 42.6 Å². The third-order valence-corrected chi connectivity index (χ3v) is 10.0. The number of piperazine rings is 1. The summed E-state index contributed by atoms with van der Waals surface area (Å²) in [6.45, 7) is 5.62. The Morgan fingerprint density at radius 2 is 1.67 bits per heavy atom. The normalized spacial score (nSPS) is 18.2. The number of hydrogen-bond acceptors (Lipinski definition) is 5. The van der Waals surface area contributed by atoms with Crippen LogP contribution in [0.25, 0.3) is 10.9 Å². The Labute approximate surface area is 254 Å². The molecule has 7 nitrogen and oxygen atoms in total. The van der Waals surface area contributed by atoms with Gasteiger partial charge in [-0.2, -0.15) is 0 Å². The monoisotopic (exact) mass is 606 g/mol. The van der Waals surface area contributed by atoms with Gasteiger partial charge in [-0.3, -0.25) is 19.4 Å². The molecule has 1 amide bonds. The second-order valence-electron chi connectivity index (χ2n) is 11.2. The van der Waals surface area contributed by atoms with Crippen LogP contribution < -0.4 is 4.72 Å². The number of fused-ring (bicyclic) bond motifs is 1. The van der Waals surface area contributed by atoms with Crippen molar-refractivity contribution in [1.29, 1.82) is 0 Å². The Morgan fingerprint density at radius 1 is 0.976 bits per heavy atom. The lowest BCUT2D eigenvalue weighted by Crippen LogP contribution is -2.49. The zero-order valence-corrected chi connectivity index (χ0v) is 25.7. The molecule has 1 saturated carbocycles. The van der Waals surface area contributed by atoms with E-state index < -0.39 is 10.0 Å². The molecule has 42 heavy (non-hydrogen) atoms. The molecule has 0 atom stereocenters. The molecule has 9 heteroatoms. The van der Waals surface area contributed by atoms with E-state index >= 15 is 0 Å². The third-order valence-electron chi connectivity index (χ3n) is 8.26. The number of benzene rings is 2. The molecule has 1 aliphatic carbocycles. The molecular weight excluding hydrogens is 568 g/mol. The maximum Gasteiger partial charge on any atom is 0.264 e. The number of halogens is 1. The summed E-state index contributed by atoms with van der Waals surface area (Å²) in [5.41, 5.74) is 2.48. The van der Waals surface area contributed by atoms with Crippen molar-refractivity contribution < 1.29 is 13.2 Å². The van der Waals surface area contributed by atoms with Gasteiger partial charge in [-0.1, -0.05) is 67.6 Å². The summed E-state index contributed by atoms with van der Waals surface area (Å²) in [6.07, 6.45) is 13.6. The molecule has 2 aliphatic rings. The number of anilines is 1. The van der Waals surface area contributed by atoms with Gasteiger partial charge in [0.1, 0.15) is 4.90 Å². The van der Waals surface area contributed by atoms with Gasteiger partial charge in [0.2, 0.25) is 0 Å². The summed E-state index contributed by atoms with van der Waals surface area (Å²) in [4.78, 5) is 21.8. The van der Waals surface area contributed by atoms with Gasteiger partial charge < -0.3 is 4.90 Å². The number of para-hydroxylation sites is 1. The summed E-state index contributed by atoms with van der Waals surface area (Å²) >= 11 is 6.78. The highest BCUT2D eigenvalue weighted by molar-refractivity contribution is 7.93. The molecule has 0 bridgehead atoms. The van der Waals surface area contributed by atoms with Crippen LogP contribution in [0.4, 0.5) is 5.69 Å². The van der Waals surface area contributed by atoms with Crippen molar-refractivity contribution in [2.24, 2.45) is 5.92 Å². The van der Waals surface area contributed by atoms with Crippen molar-refractivity contribution in [1.82, 2.24) is 14.8 Å². The van der Waals surface area contributed by atoms with E-state index in [1.807, 2.05) is 24.0 Å². The first-order valence-electron chi connectivity index (χ1n) is 14.9. The van der Waals surface area contributed by atoms with Crippen molar-refractivity contribution in [3.8, 4) is 0 Å². The summed E-state index contributed by atoms with van der Waals surface area (Å²) in [6, 6.07) is 15.3. The molecule has 1 aliphatic heterocycles. The van der Waals surface area contributed by atoms with Gasteiger partial charge in [0.25, 0.3) is 15.9 Å². The summed E-state index contributed by atoms with van der Waals surface area (Å²) in [7, 11) is -3.86. The highest BCUT2D eigenvalue weighted by Gasteiger charge is 2.24. The summed E-state index contributed by atoms with van der Waals surface area (Å²) < 4.78 is 28.9. The first-order valence-corrected chi connectivity index (χ1v) is 16.7. The molecule has 2 fully saturated rings. The number of hydrogen-bond donors (Lipinski definition) is 1. The largest absolute Gasteiger partial charge is 0.336 e. The van der Waals surface area contributed by atoms with E-state index in [2.05, 4.69) is 26.8 Å². The second kappa shape index (κ2) is 13.8. The molecule has 1 saturated heterocycles. The van der Waals surface area contributed by atoms with Crippen molar-refractivity contribution >= 4 is 44.1 Å². The maximum atomic E-state index is 13.2. The lowest BCUT2D eigenvalue weighted by Gasteiger charge is -2.35. The molecule has 1 aromatic heterocycles. The SMILES string of the molecule is C/C=C(CN1CCN(C(=O)c2ccc(NS(=O)(=O)c3cccc4cccnc34)cc2)CC1)\C(Cl)=C/C1CCCCCC1. The van der Waals surface area contributed by atoms with Crippen LogP contribution in [0.3, 0.4) is 0 Å². The summed E-state index contributed by atoms with van der Waals surface area (Å²) in [5, 5.41) is 1.62. The zero-order chi connectivity index (χ0) is 29.5. The van der Waals surface area contributed by atoms with E-state index in [0.29, 0.717) is 35.8 Å². The number of carbonyl (C=O) groups excluding carboxylic acids is 1. The summed E-state index contributed by atoms with van der Waals surface area (Å²) in [5.74, 6) is 0.515. The first kappa shape index (κ1) is 30.3. The van der Waals surface area contributed by atoms with E-state index in [9.17, 15) is 13.2 Å². The predicted octanol–water partition coefficient (Wildman–Crippen LogP) is 6.83. The van der Waals surface area contributed by atoms with Crippen LogP contribution in [0.2, 0.25) is 0 Å². The van der Waals surface area contributed by atoms with Crippen molar-refractivity contribution in [2.45, 2.75) is 50.3 Å². The number of amides is 1. The van der Waals surface area contributed by atoms with Crippen molar-refractivity contribution in [3.05, 3.63) is 89.1 Å². The Balaban J connectivity index is 1.16. The Kier molecular flexibility index (Phi) is 9.98. The van der Waals surface area contributed by atoms with Gasteiger partial charge in [-0.25, -0.2) is 8.42 Å². The van der Waals surface area contributed by atoms with Crippen LogP contribution in [0, 0.1) is 5.92 Å². The third kappa shape index (κ3) is 7.41. The lowest BCUT2D eigenvalue weighted by atomic mass is 9.98. The number of carbonyl (C=O) groups is 1. The van der Waals surface area contributed by atoms with Crippen LogP contribution in [0.15, 0.2) is 88.4 Å². The van der Waals surface area contributed by atoms with Crippen molar-refractivity contribution in [2.75, 3.05) is 37.4 Å². The van der Waals surface area contributed by atoms with E-state index in [4.69, 9.17) is 11.6 Å². The van der Waals surface area contributed by atoms with Crippen molar-refractivity contribution in [3.63, 3.8) is 0 Å². The Bertz CT molecular complexity index is 1550. The molecule has 1 N–H and O–H groups in total. The molecule has 0 spiro atoms. The van der Waals surface area contributed by atoms with Gasteiger partial charge in [-0.05, 0) is 67.7 Å². The molecule has 2 heterocycles. The van der Waals surface area contributed by atoms with E-state index in [0.717, 1.165) is 35.6 Å². The minimum Gasteiger partial charge on any atom is -0.336 e. The molecule has 5 rings (SSSR count). The second-order valence-corrected chi connectivity index (χ2v) is 13.2. The van der Waals surface area contributed by atoms with Gasteiger partial charge in [0.05, 0.1) is 5.52 Å². The standard InChI is InChI=1S/C33H39ClN4O3S/c1-2-26(30(34)23-25-9-5-3-4-6-10-25)24-37-19-21-38(22-20-37)33(39)28-14-16-29(17-15-28)36-42(40,41)31-13-7-11-27-12-8-18-35-32(27)31/h2,7-8,11-18,23,25,36H,3-6,9-10,19-22,24H2,1H3/b26-2-,30-23+. The fraction of sp³-hybridized carbons (Fsp3) is 0.394. The number of sulfonamides is 1. The number of aromatic nitrogens is 1. The highest BCUT2D eigenvalue weighted by Crippen LogP contribution is 2.28. The topological polar surface area (TPSA) is 82.6 Å². The molecule has 222 valence electrons. The number of rotatable bonds is 8. The molecular formula is C33H39ClN4O3S. The fourth-order valence-corrected chi connectivity index (χ4v) is 7.40. The average molecular weight is 607 g/mol. The molecule has 0 unspecified atom stereocenters. The molecule has 0 radical (unpaired) electrons. The van der Waals surface area contributed by atoms with Gasteiger partial charge in [0.15, 0.2) is 0 Å². The Hall–Kier alpha value is -3.20. The fourth-order valence-electron chi connectivity index (χ4n) is 5.81. The maximum absolute atomic E-state index is 13.2.